The normalized spacial score (nSPS) is 22.2. The van der Waals surface area contributed by atoms with Crippen LogP contribution >= 0.6 is 11.8 Å². The standard InChI is InChI=1S/C15H19NOS/c17-15(16-9-3-4-10-16)11-18-14-8-7-12-5-1-2-6-13(12)14/h1-2,5-6,14H,3-4,7-11H2/t14-/m0/s1. The predicted octanol–water partition coefficient (Wildman–Crippen LogP) is 3.03. The second kappa shape index (κ2) is 5.35. The van der Waals surface area contributed by atoms with Crippen LogP contribution in [0.2, 0.25) is 0 Å². The quantitative estimate of drug-likeness (QED) is 0.833. The average molecular weight is 261 g/mol. The van der Waals surface area contributed by atoms with Gasteiger partial charge in [0.25, 0.3) is 0 Å². The van der Waals surface area contributed by atoms with Gasteiger partial charge in [0.2, 0.25) is 5.91 Å². The minimum atomic E-state index is 0.335. The minimum absolute atomic E-state index is 0.335. The van der Waals surface area contributed by atoms with E-state index in [1.807, 2.05) is 16.7 Å². The van der Waals surface area contributed by atoms with Gasteiger partial charge in [-0.2, -0.15) is 0 Å². The van der Waals surface area contributed by atoms with E-state index in [1.165, 1.54) is 36.8 Å². The van der Waals surface area contributed by atoms with Crippen LogP contribution in [0.25, 0.3) is 0 Å². The predicted molar refractivity (Wildman–Crippen MR) is 75.8 cm³/mol. The molecule has 1 aliphatic heterocycles. The number of thioether (sulfide) groups is 1. The molecule has 3 rings (SSSR count). The second-order valence-electron chi connectivity index (χ2n) is 5.13. The van der Waals surface area contributed by atoms with Crippen LogP contribution in [0.5, 0.6) is 0 Å². The number of aryl methyl sites for hydroxylation is 1. The van der Waals surface area contributed by atoms with Gasteiger partial charge in [-0.15, -0.1) is 11.8 Å². The van der Waals surface area contributed by atoms with Crippen LogP contribution in [-0.2, 0) is 11.2 Å². The number of amides is 1. The molecule has 1 amide bonds. The Kier molecular flexibility index (Phi) is 3.59. The molecule has 0 radical (unpaired) electrons. The third-order valence-corrected chi connectivity index (χ3v) is 5.25. The molecule has 18 heavy (non-hydrogen) atoms. The summed E-state index contributed by atoms with van der Waals surface area (Å²) in [5, 5.41) is 0.535. The minimum Gasteiger partial charge on any atom is -0.342 e. The van der Waals surface area contributed by atoms with Crippen molar-refractivity contribution < 1.29 is 4.79 Å². The van der Waals surface area contributed by atoms with Gasteiger partial charge >= 0.3 is 0 Å². The number of carbonyl (C=O) groups excluding carboxylic acids is 1. The molecule has 0 aromatic heterocycles. The molecule has 1 aromatic rings. The molecule has 0 spiro atoms. The summed E-state index contributed by atoms with van der Waals surface area (Å²) in [6, 6.07) is 8.67. The number of carbonyl (C=O) groups is 1. The zero-order valence-electron chi connectivity index (χ0n) is 10.6. The summed E-state index contributed by atoms with van der Waals surface area (Å²) in [5.41, 5.74) is 2.93. The van der Waals surface area contributed by atoms with Crippen molar-refractivity contribution in [2.75, 3.05) is 18.8 Å². The van der Waals surface area contributed by atoms with Crippen molar-refractivity contribution >= 4 is 17.7 Å². The Labute approximate surface area is 113 Å². The number of rotatable bonds is 3. The molecule has 1 aromatic carbocycles. The lowest BCUT2D eigenvalue weighted by Gasteiger charge is -2.17. The highest BCUT2D eigenvalue weighted by Crippen LogP contribution is 2.40. The molecule has 2 aliphatic rings. The molecule has 96 valence electrons. The lowest BCUT2D eigenvalue weighted by Crippen LogP contribution is -2.29. The molecular weight excluding hydrogens is 242 g/mol. The topological polar surface area (TPSA) is 20.3 Å². The summed E-state index contributed by atoms with van der Waals surface area (Å²) in [6.07, 6.45) is 4.73. The van der Waals surface area contributed by atoms with Crippen molar-refractivity contribution in [3.63, 3.8) is 0 Å². The fourth-order valence-electron chi connectivity index (χ4n) is 2.92. The molecule has 0 N–H and O–H groups in total. The first-order chi connectivity index (χ1) is 8.84. The zero-order chi connectivity index (χ0) is 12.4. The average Bonchev–Trinajstić information content (AvgIpc) is 3.06. The molecule has 1 saturated heterocycles. The highest BCUT2D eigenvalue weighted by atomic mass is 32.2. The lowest BCUT2D eigenvalue weighted by molar-refractivity contribution is -0.127. The van der Waals surface area contributed by atoms with Gasteiger partial charge in [-0.1, -0.05) is 24.3 Å². The largest absolute Gasteiger partial charge is 0.342 e. The van der Waals surface area contributed by atoms with E-state index in [4.69, 9.17) is 0 Å². The van der Waals surface area contributed by atoms with Crippen LogP contribution in [0.1, 0.15) is 35.6 Å². The van der Waals surface area contributed by atoms with Gasteiger partial charge in [0.1, 0.15) is 0 Å². The Balaban J connectivity index is 1.57. The second-order valence-corrected chi connectivity index (χ2v) is 6.32. The third kappa shape index (κ3) is 2.41. The van der Waals surface area contributed by atoms with Crippen LogP contribution < -0.4 is 0 Å². The fourth-order valence-corrected chi connectivity index (χ4v) is 4.14. The molecule has 1 atom stereocenters. The fraction of sp³-hybridized carbons (Fsp3) is 0.533. The van der Waals surface area contributed by atoms with Gasteiger partial charge < -0.3 is 4.90 Å². The maximum Gasteiger partial charge on any atom is 0.232 e. The van der Waals surface area contributed by atoms with E-state index in [1.54, 1.807) is 0 Å². The van der Waals surface area contributed by atoms with E-state index < -0.39 is 0 Å². The van der Waals surface area contributed by atoms with Crippen molar-refractivity contribution in [3.8, 4) is 0 Å². The van der Waals surface area contributed by atoms with Crippen molar-refractivity contribution in [1.82, 2.24) is 4.90 Å². The van der Waals surface area contributed by atoms with E-state index >= 15 is 0 Å². The molecule has 1 heterocycles. The van der Waals surface area contributed by atoms with Gasteiger partial charge in [0, 0.05) is 18.3 Å². The number of hydrogen-bond donors (Lipinski definition) is 0. The number of benzene rings is 1. The van der Waals surface area contributed by atoms with E-state index in [0.717, 1.165) is 13.1 Å². The van der Waals surface area contributed by atoms with Crippen LogP contribution in [0.3, 0.4) is 0 Å². The monoisotopic (exact) mass is 261 g/mol. The van der Waals surface area contributed by atoms with Gasteiger partial charge in [-0.25, -0.2) is 0 Å². The molecule has 3 heteroatoms. The lowest BCUT2D eigenvalue weighted by atomic mass is 10.1. The SMILES string of the molecule is O=C(CS[C@H]1CCc2ccccc21)N1CCCC1. The molecular formula is C15H19NOS. The Morgan fingerprint density at radius 1 is 1.28 bits per heavy atom. The Morgan fingerprint density at radius 2 is 2.06 bits per heavy atom. The Bertz CT molecular complexity index is 440. The zero-order valence-corrected chi connectivity index (χ0v) is 11.4. The van der Waals surface area contributed by atoms with Crippen LogP contribution in [0.15, 0.2) is 24.3 Å². The Hall–Kier alpha value is -0.960. The van der Waals surface area contributed by atoms with Gasteiger partial charge in [0.05, 0.1) is 5.75 Å². The van der Waals surface area contributed by atoms with Gasteiger partial charge in [0.15, 0.2) is 0 Å². The van der Waals surface area contributed by atoms with Gasteiger partial charge in [-0.3, -0.25) is 4.79 Å². The van der Waals surface area contributed by atoms with Crippen molar-refractivity contribution in [2.45, 2.75) is 30.9 Å². The van der Waals surface area contributed by atoms with Gasteiger partial charge in [-0.05, 0) is 36.8 Å². The summed E-state index contributed by atoms with van der Waals surface area (Å²) in [7, 11) is 0. The first kappa shape index (κ1) is 12.1. The molecule has 1 aliphatic carbocycles. The van der Waals surface area contributed by atoms with E-state index in [0.29, 0.717) is 16.9 Å². The number of likely N-dealkylation sites (tertiary alicyclic amines) is 1. The summed E-state index contributed by atoms with van der Waals surface area (Å²) >= 11 is 1.83. The molecule has 1 fully saturated rings. The summed E-state index contributed by atoms with van der Waals surface area (Å²) in [6.45, 7) is 1.95. The molecule has 2 nitrogen and oxygen atoms in total. The maximum atomic E-state index is 12.0. The summed E-state index contributed by atoms with van der Waals surface area (Å²) in [5.74, 6) is 0.987. The molecule has 0 saturated carbocycles. The first-order valence-electron chi connectivity index (χ1n) is 6.82. The van der Waals surface area contributed by atoms with Crippen molar-refractivity contribution in [1.29, 1.82) is 0 Å². The number of nitrogens with zero attached hydrogens (tertiary/aromatic N) is 1. The van der Waals surface area contributed by atoms with Crippen LogP contribution in [-0.4, -0.2) is 29.6 Å². The number of hydrogen-bond acceptors (Lipinski definition) is 2. The summed E-state index contributed by atoms with van der Waals surface area (Å²) < 4.78 is 0. The molecule has 0 bridgehead atoms. The highest BCUT2D eigenvalue weighted by Gasteiger charge is 2.24. The maximum absolute atomic E-state index is 12.0. The Morgan fingerprint density at radius 3 is 2.89 bits per heavy atom. The summed E-state index contributed by atoms with van der Waals surface area (Å²) in [4.78, 5) is 14.0. The first-order valence-corrected chi connectivity index (χ1v) is 7.86. The molecule has 0 unspecified atom stereocenters. The number of fused-ring (bicyclic) bond motifs is 1. The van der Waals surface area contributed by atoms with E-state index in [9.17, 15) is 4.79 Å². The van der Waals surface area contributed by atoms with Crippen LogP contribution in [0.4, 0.5) is 0 Å². The van der Waals surface area contributed by atoms with Crippen molar-refractivity contribution in [3.05, 3.63) is 35.4 Å². The van der Waals surface area contributed by atoms with Crippen molar-refractivity contribution in [2.24, 2.45) is 0 Å². The smallest absolute Gasteiger partial charge is 0.232 e. The highest BCUT2D eigenvalue weighted by molar-refractivity contribution is 8.00. The van der Waals surface area contributed by atoms with E-state index in [2.05, 4.69) is 24.3 Å². The van der Waals surface area contributed by atoms with E-state index in [-0.39, 0.29) is 0 Å². The van der Waals surface area contributed by atoms with Crippen LogP contribution in [0, 0.1) is 0 Å². The third-order valence-electron chi connectivity index (χ3n) is 3.94.